The Morgan fingerprint density at radius 3 is 2.37 bits per heavy atom. The zero-order valence-corrected chi connectivity index (χ0v) is 16.8. The first kappa shape index (κ1) is 19.4. The molecule has 0 saturated carbocycles. The third kappa shape index (κ3) is 3.24. The number of imide groups is 1. The van der Waals surface area contributed by atoms with Crippen LogP contribution < -0.4 is 5.32 Å². The van der Waals surface area contributed by atoms with Crippen molar-refractivity contribution in [1.82, 2.24) is 15.1 Å². The minimum atomic E-state index is -0.654. The normalized spacial score (nSPS) is 13.9. The van der Waals surface area contributed by atoms with E-state index in [1.807, 2.05) is 37.3 Å². The van der Waals surface area contributed by atoms with Gasteiger partial charge in [-0.25, -0.2) is 0 Å². The number of benzene rings is 2. The number of hydrogen-bond donors (Lipinski definition) is 1. The molecule has 150 valence electrons. The molecule has 1 atom stereocenters. The summed E-state index contributed by atoms with van der Waals surface area (Å²) in [7, 11) is 1.44. The monoisotopic (exact) mass is 400 g/mol. The van der Waals surface area contributed by atoms with Crippen LogP contribution in [0.15, 0.2) is 54.6 Å². The molecule has 0 saturated heterocycles. The molecule has 0 bridgehead atoms. The first-order valence-electron chi connectivity index (χ1n) is 9.54. The van der Waals surface area contributed by atoms with Gasteiger partial charge in [0.15, 0.2) is 5.82 Å². The number of aromatic nitrogens is 2. The summed E-state index contributed by atoms with van der Waals surface area (Å²) >= 11 is 0. The molecule has 1 aliphatic heterocycles. The number of aryl methyl sites for hydroxylation is 1. The summed E-state index contributed by atoms with van der Waals surface area (Å²) in [6.45, 7) is 3.53. The third-order valence-electron chi connectivity index (χ3n) is 5.33. The highest BCUT2D eigenvalue weighted by molar-refractivity contribution is 6.22. The molecule has 7 nitrogen and oxygen atoms in total. The molecule has 1 aromatic heterocycles. The summed E-state index contributed by atoms with van der Waals surface area (Å²) in [5, 5.41) is 11.0. The van der Waals surface area contributed by atoms with E-state index in [1.54, 1.807) is 31.2 Å². The van der Waals surface area contributed by atoms with Crippen LogP contribution in [0.3, 0.4) is 0 Å². The number of amides is 3. The highest BCUT2D eigenvalue weighted by Gasteiger charge is 2.37. The maximum Gasteiger partial charge on any atom is 0.261 e. The molecule has 0 aliphatic carbocycles. The van der Waals surface area contributed by atoms with Gasteiger partial charge in [0.2, 0.25) is 5.91 Å². The largest absolute Gasteiger partial charge is 0.309 e. The number of carbonyl (C=O) groups is 3. The Bertz CT molecular complexity index is 1160. The molecule has 2 heterocycles. The fraction of sp³-hybridized carbons (Fsp3) is 0.174. The van der Waals surface area contributed by atoms with E-state index in [4.69, 9.17) is 0 Å². The van der Waals surface area contributed by atoms with Gasteiger partial charge in [0.1, 0.15) is 0 Å². The van der Waals surface area contributed by atoms with Crippen molar-refractivity contribution in [1.29, 1.82) is 0 Å². The lowest BCUT2D eigenvalue weighted by Gasteiger charge is -2.17. The molecule has 2 aromatic carbocycles. The van der Waals surface area contributed by atoms with Crippen molar-refractivity contribution in [3.05, 3.63) is 76.9 Å². The summed E-state index contributed by atoms with van der Waals surface area (Å²) in [5.74, 6) is -1.41. The second kappa shape index (κ2) is 7.51. The molecular weight excluding hydrogens is 380 g/mol. The molecule has 4 rings (SSSR count). The summed E-state index contributed by atoms with van der Waals surface area (Å²) in [4.78, 5) is 38.9. The van der Waals surface area contributed by atoms with Crippen LogP contribution in [0.5, 0.6) is 0 Å². The number of nitrogens with zero attached hydrogens (tertiary/aromatic N) is 3. The van der Waals surface area contributed by atoms with Gasteiger partial charge in [-0.05, 0) is 43.2 Å². The van der Waals surface area contributed by atoms with E-state index in [1.165, 1.54) is 7.05 Å². The van der Waals surface area contributed by atoms with Gasteiger partial charge in [-0.15, -0.1) is 10.2 Å². The Balaban J connectivity index is 1.59. The second-order valence-corrected chi connectivity index (χ2v) is 7.27. The number of carbonyl (C=O) groups excluding carboxylic acids is 3. The van der Waals surface area contributed by atoms with Crippen LogP contribution in [0.2, 0.25) is 0 Å². The van der Waals surface area contributed by atoms with Gasteiger partial charge in [-0.2, -0.15) is 0 Å². The van der Waals surface area contributed by atoms with E-state index in [-0.39, 0.29) is 17.7 Å². The number of hydrogen-bond acceptors (Lipinski definition) is 5. The highest BCUT2D eigenvalue weighted by Crippen LogP contribution is 2.33. The van der Waals surface area contributed by atoms with E-state index in [2.05, 4.69) is 15.5 Å². The average Bonchev–Trinajstić information content (AvgIpc) is 2.98. The maximum absolute atomic E-state index is 12.9. The molecule has 30 heavy (non-hydrogen) atoms. The van der Waals surface area contributed by atoms with E-state index >= 15 is 0 Å². The predicted octanol–water partition coefficient (Wildman–Crippen LogP) is 3.42. The minimum Gasteiger partial charge on any atom is -0.309 e. The van der Waals surface area contributed by atoms with Gasteiger partial charge in [-0.1, -0.05) is 36.4 Å². The highest BCUT2D eigenvalue weighted by atomic mass is 16.2. The van der Waals surface area contributed by atoms with E-state index in [0.29, 0.717) is 28.2 Å². The van der Waals surface area contributed by atoms with Crippen molar-refractivity contribution in [3.63, 3.8) is 0 Å². The lowest BCUT2D eigenvalue weighted by Crippen LogP contribution is -2.26. The Labute approximate surface area is 173 Å². The van der Waals surface area contributed by atoms with Crippen molar-refractivity contribution in [2.45, 2.75) is 19.8 Å². The van der Waals surface area contributed by atoms with Crippen LogP contribution in [-0.4, -0.2) is 39.9 Å². The van der Waals surface area contributed by atoms with E-state index in [9.17, 15) is 14.4 Å². The lowest BCUT2D eigenvalue weighted by atomic mass is 9.88. The van der Waals surface area contributed by atoms with E-state index in [0.717, 1.165) is 16.0 Å². The van der Waals surface area contributed by atoms with Crippen LogP contribution >= 0.6 is 0 Å². The first-order valence-corrected chi connectivity index (χ1v) is 9.54. The topological polar surface area (TPSA) is 92.3 Å². The summed E-state index contributed by atoms with van der Waals surface area (Å²) in [6, 6.07) is 16.5. The maximum atomic E-state index is 12.9. The van der Waals surface area contributed by atoms with E-state index < -0.39 is 5.92 Å². The minimum absolute atomic E-state index is 0.302. The fourth-order valence-corrected chi connectivity index (χ4v) is 3.66. The van der Waals surface area contributed by atoms with Gasteiger partial charge in [0.05, 0.1) is 22.7 Å². The predicted molar refractivity (Wildman–Crippen MR) is 112 cm³/mol. The van der Waals surface area contributed by atoms with Crippen molar-refractivity contribution in [2.75, 3.05) is 12.4 Å². The van der Waals surface area contributed by atoms with Gasteiger partial charge < -0.3 is 5.32 Å². The number of anilines is 1. The molecule has 3 aromatic rings. The van der Waals surface area contributed by atoms with Crippen molar-refractivity contribution >= 4 is 23.5 Å². The van der Waals surface area contributed by atoms with Gasteiger partial charge in [0.25, 0.3) is 11.8 Å². The quantitative estimate of drug-likeness (QED) is 0.678. The molecule has 0 fully saturated rings. The summed E-state index contributed by atoms with van der Waals surface area (Å²) in [5.41, 5.74) is 3.59. The summed E-state index contributed by atoms with van der Waals surface area (Å²) in [6.07, 6.45) is 0. The Kier molecular flexibility index (Phi) is 4.87. The molecular formula is C23H20N4O3. The zero-order valence-electron chi connectivity index (χ0n) is 16.8. The van der Waals surface area contributed by atoms with Crippen molar-refractivity contribution < 1.29 is 14.4 Å². The summed E-state index contributed by atoms with van der Waals surface area (Å²) < 4.78 is 0. The molecule has 1 N–H and O–H groups in total. The molecule has 0 unspecified atom stereocenters. The van der Waals surface area contributed by atoms with Crippen molar-refractivity contribution in [3.8, 4) is 11.3 Å². The smallest absolute Gasteiger partial charge is 0.261 e. The SMILES string of the molecule is Cc1ccc2c(c1[C@@H](C)C(=O)Nc1ccc(-c3ccccc3)nn1)C(=O)N(C)C2=O. The molecule has 0 spiro atoms. The molecule has 7 heteroatoms. The lowest BCUT2D eigenvalue weighted by molar-refractivity contribution is -0.117. The number of rotatable bonds is 4. The van der Waals surface area contributed by atoms with Crippen LogP contribution in [-0.2, 0) is 4.79 Å². The Morgan fingerprint density at radius 2 is 1.70 bits per heavy atom. The van der Waals surface area contributed by atoms with Crippen LogP contribution in [0.25, 0.3) is 11.3 Å². The van der Waals surface area contributed by atoms with Gasteiger partial charge in [0, 0.05) is 12.6 Å². The van der Waals surface area contributed by atoms with Gasteiger partial charge in [-0.3, -0.25) is 19.3 Å². The van der Waals surface area contributed by atoms with Crippen LogP contribution in [0.4, 0.5) is 5.82 Å². The Hall–Kier alpha value is -3.87. The number of nitrogens with one attached hydrogen (secondary N) is 1. The first-order chi connectivity index (χ1) is 14.4. The van der Waals surface area contributed by atoms with Gasteiger partial charge >= 0.3 is 0 Å². The molecule has 1 aliphatic rings. The fourth-order valence-electron chi connectivity index (χ4n) is 3.66. The molecule has 0 radical (unpaired) electrons. The van der Waals surface area contributed by atoms with Crippen LogP contribution in [0, 0.1) is 6.92 Å². The standard InChI is InChI=1S/C23H20N4O3/c1-13-9-10-16-20(23(30)27(3)22(16)29)19(13)14(2)21(28)24-18-12-11-17(25-26-18)15-7-5-4-6-8-15/h4-12,14H,1-3H3,(H,24,26,28)/t14-/m1/s1. The molecule has 3 amide bonds. The average molecular weight is 400 g/mol. The Morgan fingerprint density at radius 1 is 0.967 bits per heavy atom. The third-order valence-corrected chi connectivity index (χ3v) is 5.33. The number of fused-ring (bicyclic) bond motifs is 1. The zero-order chi connectivity index (χ0) is 21.4. The van der Waals surface area contributed by atoms with Crippen molar-refractivity contribution in [2.24, 2.45) is 0 Å². The van der Waals surface area contributed by atoms with Crippen LogP contribution in [0.1, 0.15) is 44.7 Å². The second-order valence-electron chi connectivity index (χ2n) is 7.27.